The van der Waals surface area contributed by atoms with Crippen molar-refractivity contribution in [3.8, 4) is 33.5 Å². The van der Waals surface area contributed by atoms with Gasteiger partial charge in [-0.05, 0) is 125 Å². The summed E-state index contributed by atoms with van der Waals surface area (Å²) < 4.78 is 0. The molecule has 0 fully saturated rings. The number of aryl methyl sites for hydroxylation is 3. The number of rotatable bonds is 4. The predicted octanol–water partition coefficient (Wildman–Crippen LogP) is 10.1. The van der Waals surface area contributed by atoms with Gasteiger partial charge in [0.05, 0.1) is 11.2 Å². The molecule has 0 aliphatic rings. The van der Waals surface area contributed by atoms with Crippen LogP contribution < -0.4 is 0 Å². The maximum absolute atomic E-state index is 4.78. The second kappa shape index (κ2) is 9.78. The Morgan fingerprint density at radius 3 is 2.18 bits per heavy atom. The van der Waals surface area contributed by atoms with Crippen LogP contribution in [0.15, 0.2) is 91.3 Å². The van der Waals surface area contributed by atoms with Gasteiger partial charge in [-0.3, -0.25) is 9.97 Å². The first-order valence-corrected chi connectivity index (χ1v) is 13.8. The Labute approximate surface area is 231 Å². The number of hydrogen-bond donors (Lipinski definition) is 0. The van der Waals surface area contributed by atoms with E-state index in [0.717, 1.165) is 16.8 Å². The van der Waals surface area contributed by atoms with Gasteiger partial charge in [-0.25, -0.2) is 0 Å². The fourth-order valence-corrected chi connectivity index (χ4v) is 6.13. The number of aromatic nitrogens is 2. The lowest BCUT2D eigenvalue weighted by atomic mass is 9.83. The summed E-state index contributed by atoms with van der Waals surface area (Å²) >= 11 is 0. The average molecular weight is 507 g/mol. The van der Waals surface area contributed by atoms with Crippen LogP contribution in [0.2, 0.25) is 0 Å². The average Bonchev–Trinajstić information content (AvgIpc) is 2.92. The zero-order valence-electron chi connectivity index (χ0n) is 23.6. The SMILES string of the molecule is Cc1ccnc(-c2cccc(-c3c(C)cc(C)c(-c4cc5ncccc5c5ccc(C(C)C)cc45)c3C)c2)c1. The van der Waals surface area contributed by atoms with Crippen LogP contribution in [0.3, 0.4) is 0 Å². The van der Waals surface area contributed by atoms with Gasteiger partial charge >= 0.3 is 0 Å². The summed E-state index contributed by atoms with van der Waals surface area (Å²) in [6.45, 7) is 13.4. The van der Waals surface area contributed by atoms with Crippen molar-refractivity contribution in [3.05, 3.63) is 119 Å². The highest BCUT2D eigenvalue weighted by Gasteiger charge is 2.19. The molecule has 0 aliphatic carbocycles. The molecule has 192 valence electrons. The molecule has 2 heterocycles. The van der Waals surface area contributed by atoms with Crippen molar-refractivity contribution in [2.24, 2.45) is 0 Å². The van der Waals surface area contributed by atoms with E-state index in [1.165, 1.54) is 66.2 Å². The molecule has 2 heteroatoms. The number of benzene rings is 4. The normalized spacial score (nSPS) is 11.6. The van der Waals surface area contributed by atoms with Gasteiger partial charge in [0.15, 0.2) is 0 Å². The van der Waals surface area contributed by atoms with Gasteiger partial charge < -0.3 is 0 Å². The molecule has 2 nitrogen and oxygen atoms in total. The third-order valence-electron chi connectivity index (χ3n) is 8.01. The second-order valence-electron chi connectivity index (χ2n) is 11.1. The number of nitrogens with zero attached hydrogens (tertiary/aromatic N) is 2. The molecular formula is C37H34N2. The summed E-state index contributed by atoms with van der Waals surface area (Å²) in [4.78, 5) is 9.43. The maximum atomic E-state index is 4.78. The Balaban J connectivity index is 1.63. The Bertz CT molecular complexity index is 1880. The molecule has 0 radical (unpaired) electrons. The molecule has 2 aromatic heterocycles. The Kier molecular flexibility index (Phi) is 6.27. The van der Waals surface area contributed by atoms with Gasteiger partial charge in [0.1, 0.15) is 0 Å². The van der Waals surface area contributed by atoms with Crippen LogP contribution in [0, 0.1) is 27.7 Å². The van der Waals surface area contributed by atoms with Crippen molar-refractivity contribution in [3.63, 3.8) is 0 Å². The molecule has 4 aromatic carbocycles. The summed E-state index contributed by atoms with van der Waals surface area (Å²) in [7, 11) is 0. The zero-order valence-corrected chi connectivity index (χ0v) is 23.6. The molecule has 0 spiro atoms. The highest BCUT2D eigenvalue weighted by Crippen LogP contribution is 2.42. The standard InChI is InChI=1S/C37H34N2/c1-22(2)27-12-13-30-31-11-8-15-38-35(31)21-33(32(30)20-27)37-25(5)18-24(4)36(26(37)6)29-10-7-9-28(19-29)34-17-23(3)14-16-39-34/h7-22H,1-6H3. The van der Waals surface area contributed by atoms with Gasteiger partial charge in [0, 0.05) is 23.3 Å². The van der Waals surface area contributed by atoms with E-state index in [1.807, 2.05) is 24.5 Å². The molecule has 0 atom stereocenters. The highest BCUT2D eigenvalue weighted by molar-refractivity contribution is 6.13. The lowest BCUT2D eigenvalue weighted by molar-refractivity contribution is 0.869. The summed E-state index contributed by atoms with van der Waals surface area (Å²) in [6, 6.07) is 28.8. The quantitative estimate of drug-likeness (QED) is 0.222. The predicted molar refractivity (Wildman–Crippen MR) is 166 cm³/mol. The van der Waals surface area contributed by atoms with Crippen LogP contribution in [0.4, 0.5) is 0 Å². The van der Waals surface area contributed by atoms with E-state index in [9.17, 15) is 0 Å². The van der Waals surface area contributed by atoms with Gasteiger partial charge in [-0.1, -0.05) is 62.4 Å². The van der Waals surface area contributed by atoms with Crippen LogP contribution in [0.1, 0.15) is 47.6 Å². The molecule has 0 saturated heterocycles. The van der Waals surface area contributed by atoms with E-state index in [1.54, 1.807) is 0 Å². The number of hydrogen-bond acceptors (Lipinski definition) is 2. The first-order chi connectivity index (χ1) is 18.8. The molecule has 0 N–H and O–H groups in total. The lowest BCUT2D eigenvalue weighted by Crippen LogP contribution is -1.98. The van der Waals surface area contributed by atoms with E-state index in [0.29, 0.717) is 5.92 Å². The molecule has 6 aromatic rings. The van der Waals surface area contributed by atoms with Crippen LogP contribution in [0.5, 0.6) is 0 Å². The largest absolute Gasteiger partial charge is 0.256 e. The third-order valence-corrected chi connectivity index (χ3v) is 8.01. The van der Waals surface area contributed by atoms with Crippen LogP contribution in [0.25, 0.3) is 55.2 Å². The smallest absolute Gasteiger partial charge is 0.0714 e. The fourth-order valence-electron chi connectivity index (χ4n) is 6.13. The molecule has 0 saturated carbocycles. The minimum absolute atomic E-state index is 0.459. The third kappa shape index (κ3) is 4.40. The number of fused-ring (bicyclic) bond motifs is 3. The van der Waals surface area contributed by atoms with E-state index >= 15 is 0 Å². The molecule has 39 heavy (non-hydrogen) atoms. The van der Waals surface area contributed by atoms with Crippen LogP contribution >= 0.6 is 0 Å². The van der Waals surface area contributed by atoms with Gasteiger partial charge in [-0.2, -0.15) is 0 Å². The van der Waals surface area contributed by atoms with Crippen LogP contribution in [-0.2, 0) is 0 Å². The van der Waals surface area contributed by atoms with Crippen molar-refractivity contribution < 1.29 is 0 Å². The first-order valence-electron chi connectivity index (χ1n) is 13.8. The summed E-state index contributed by atoms with van der Waals surface area (Å²) in [6.07, 6.45) is 3.79. The Hall–Kier alpha value is -4.30. The monoisotopic (exact) mass is 506 g/mol. The van der Waals surface area contributed by atoms with Crippen molar-refractivity contribution in [2.45, 2.75) is 47.5 Å². The summed E-state index contributed by atoms with van der Waals surface area (Å²) in [5, 5.41) is 3.75. The van der Waals surface area contributed by atoms with Gasteiger partial charge in [-0.15, -0.1) is 0 Å². The van der Waals surface area contributed by atoms with E-state index in [4.69, 9.17) is 4.98 Å². The van der Waals surface area contributed by atoms with Gasteiger partial charge in [0.25, 0.3) is 0 Å². The van der Waals surface area contributed by atoms with E-state index in [2.05, 4.69) is 113 Å². The van der Waals surface area contributed by atoms with Crippen molar-refractivity contribution in [2.75, 3.05) is 0 Å². The molecule has 0 unspecified atom stereocenters. The topological polar surface area (TPSA) is 25.8 Å². The number of pyridine rings is 2. The van der Waals surface area contributed by atoms with Crippen LogP contribution in [-0.4, -0.2) is 9.97 Å². The highest BCUT2D eigenvalue weighted by atomic mass is 14.7. The second-order valence-corrected chi connectivity index (χ2v) is 11.1. The Morgan fingerprint density at radius 1 is 0.590 bits per heavy atom. The van der Waals surface area contributed by atoms with Crippen molar-refractivity contribution >= 4 is 21.7 Å². The minimum atomic E-state index is 0.459. The molecule has 0 amide bonds. The van der Waals surface area contributed by atoms with Crippen molar-refractivity contribution in [1.82, 2.24) is 9.97 Å². The minimum Gasteiger partial charge on any atom is -0.256 e. The van der Waals surface area contributed by atoms with E-state index < -0.39 is 0 Å². The van der Waals surface area contributed by atoms with E-state index in [-0.39, 0.29) is 0 Å². The summed E-state index contributed by atoms with van der Waals surface area (Å²) in [5.74, 6) is 0.459. The summed E-state index contributed by atoms with van der Waals surface area (Å²) in [5.41, 5.74) is 14.7. The maximum Gasteiger partial charge on any atom is 0.0714 e. The Morgan fingerprint density at radius 2 is 1.38 bits per heavy atom. The fraction of sp³-hybridized carbons (Fsp3) is 0.189. The molecule has 0 aliphatic heterocycles. The lowest BCUT2D eigenvalue weighted by Gasteiger charge is -2.21. The molecule has 6 rings (SSSR count). The first kappa shape index (κ1) is 25.0. The molecular weight excluding hydrogens is 472 g/mol. The zero-order chi connectivity index (χ0) is 27.3. The van der Waals surface area contributed by atoms with Crippen molar-refractivity contribution in [1.29, 1.82) is 0 Å². The van der Waals surface area contributed by atoms with Gasteiger partial charge in [0.2, 0.25) is 0 Å². The molecule has 0 bridgehead atoms.